The summed E-state index contributed by atoms with van der Waals surface area (Å²) in [5.41, 5.74) is 7.96. The maximum atomic E-state index is 11.8. The molecule has 0 saturated carbocycles. The van der Waals surface area contributed by atoms with Crippen molar-refractivity contribution in [3.8, 4) is 0 Å². The fourth-order valence-electron chi connectivity index (χ4n) is 1.90. The number of rotatable bonds is 2. The molecule has 0 aliphatic carbocycles. The Morgan fingerprint density at radius 3 is 3.00 bits per heavy atom. The van der Waals surface area contributed by atoms with Crippen LogP contribution < -0.4 is 11.5 Å². The molecule has 2 aromatic heterocycles. The van der Waals surface area contributed by atoms with Crippen LogP contribution in [-0.4, -0.2) is 9.55 Å². The second-order valence-electron chi connectivity index (χ2n) is 4.13. The predicted octanol–water partition coefficient (Wildman–Crippen LogP) is 2.27. The Bertz CT molecular complexity index is 807. The normalized spacial score (nSPS) is 11.0. The lowest BCUT2D eigenvalue weighted by Gasteiger charge is -2.05. The standard InChI is InChI=1S/C13H10ClN3O2/c14-10-6-9(15)4-3-8(10)7-17-12-11(19-13(17)18)2-1-5-16-12/h1-6H,7,15H2. The molecule has 0 bridgehead atoms. The number of aromatic nitrogens is 2. The molecule has 2 heterocycles. The third-order valence-corrected chi connectivity index (χ3v) is 3.18. The highest BCUT2D eigenvalue weighted by Gasteiger charge is 2.11. The maximum absolute atomic E-state index is 11.8. The summed E-state index contributed by atoms with van der Waals surface area (Å²) in [5, 5.41) is 0.511. The van der Waals surface area contributed by atoms with Crippen molar-refractivity contribution in [1.82, 2.24) is 9.55 Å². The highest BCUT2D eigenvalue weighted by molar-refractivity contribution is 6.31. The van der Waals surface area contributed by atoms with E-state index in [0.717, 1.165) is 5.56 Å². The zero-order valence-corrected chi connectivity index (χ0v) is 10.6. The van der Waals surface area contributed by atoms with Crippen LogP contribution in [0.25, 0.3) is 11.2 Å². The van der Waals surface area contributed by atoms with Crippen molar-refractivity contribution in [2.24, 2.45) is 0 Å². The Morgan fingerprint density at radius 2 is 2.21 bits per heavy atom. The highest BCUT2D eigenvalue weighted by atomic mass is 35.5. The Morgan fingerprint density at radius 1 is 1.37 bits per heavy atom. The number of hydrogen-bond donors (Lipinski definition) is 1. The maximum Gasteiger partial charge on any atom is 0.421 e. The number of nitrogens with two attached hydrogens (primary N) is 1. The summed E-state index contributed by atoms with van der Waals surface area (Å²) in [6.45, 7) is 0.294. The minimum atomic E-state index is -0.457. The number of pyridine rings is 1. The average Bonchev–Trinajstić information content (AvgIpc) is 2.69. The first-order valence-electron chi connectivity index (χ1n) is 5.63. The van der Waals surface area contributed by atoms with E-state index in [1.807, 2.05) is 0 Å². The van der Waals surface area contributed by atoms with Crippen LogP contribution in [0, 0.1) is 0 Å². The predicted molar refractivity (Wildman–Crippen MR) is 73.2 cm³/mol. The monoisotopic (exact) mass is 275 g/mol. The van der Waals surface area contributed by atoms with Gasteiger partial charge in [-0.05, 0) is 29.8 Å². The third-order valence-electron chi connectivity index (χ3n) is 2.83. The van der Waals surface area contributed by atoms with Gasteiger partial charge in [0.1, 0.15) is 0 Å². The number of anilines is 1. The number of nitrogens with zero attached hydrogens (tertiary/aromatic N) is 2. The van der Waals surface area contributed by atoms with E-state index in [-0.39, 0.29) is 0 Å². The van der Waals surface area contributed by atoms with Gasteiger partial charge in [-0.3, -0.25) is 4.57 Å². The van der Waals surface area contributed by atoms with Crippen LogP contribution in [0.3, 0.4) is 0 Å². The van der Waals surface area contributed by atoms with E-state index in [1.54, 1.807) is 36.5 Å². The van der Waals surface area contributed by atoms with E-state index in [4.69, 9.17) is 21.8 Å². The topological polar surface area (TPSA) is 74.0 Å². The first kappa shape index (κ1) is 11.8. The van der Waals surface area contributed by atoms with Gasteiger partial charge >= 0.3 is 5.76 Å². The lowest BCUT2D eigenvalue weighted by Crippen LogP contribution is -2.15. The van der Waals surface area contributed by atoms with Crippen LogP contribution in [0.5, 0.6) is 0 Å². The molecule has 0 radical (unpaired) electrons. The van der Waals surface area contributed by atoms with Crippen molar-refractivity contribution in [2.75, 3.05) is 5.73 Å². The van der Waals surface area contributed by atoms with E-state index in [9.17, 15) is 4.79 Å². The molecule has 3 rings (SSSR count). The van der Waals surface area contributed by atoms with Crippen LogP contribution in [0.15, 0.2) is 45.7 Å². The molecule has 0 aliphatic rings. The summed E-state index contributed by atoms with van der Waals surface area (Å²) in [6, 6.07) is 8.59. The van der Waals surface area contributed by atoms with Crippen molar-refractivity contribution >= 4 is 28.5 Å². The van der Waals surface area contributed by atoms with Gasteiger partial charge in [-0.2, -0.15) is 0 Å². The van der Waals surface area contributed by atoms with Crippen molar-refractivity contribution in [2.45, 2.75) is 6.54 Å². The summed E-state index contributed by atoms with van der Waals surface area (Å²) >= 11 is 6.10. The molecular weight excluding hydrogens is 266 g/mol. The van der Waals surface area contributed by atoms with Crippen LogP contribution in [0.4, 0.5) is 5.69 Å². The van der Waals surface area contributed by atoms with Crippen LogP contribution in [0.1, 0.15) is 5.56 Å². The third kappa shape index (κ3) is 2.08. The molecule has 3 aromatic rings. The zero-order valence-electron chi connectivity index (χ0n) is 9.84. The first-order valence-corrected chi connectivity index (χ1v) is 6.01. The lowest BCUT2D eigenvalue weighted by atomic mass is 10.2. The molecule has 0 spiro atoms. The molecule has 0 atom stereocenters. The van der Waals surface area contributed by atoms with E-state index < -0.39 is 5.76 Å². The van der Waals surface area contributed by atoms with E-state index in [2.05, 4.69) is 4.98 Å². The van der Waals surface area contributed by atoms with Crippen molar-refractivity contribution in [3.63, 3.8) is 0 Å². The molecule has 0 saturated heterocycles. The number of benzene rings is 1. The molecule has 0 fully saturated rings. The SMILES string of the molecule is Nc1ccc(Cn2c(=O)oc3cccnc32)c(Cl)c1. The van der Waals surface area contributed by atoms with Crippen molar-refractivity contribution < 1.29 is 4.42 Å². The molecule has 0 aliphatic heterocycles. The quantitative estimate of drug-likeness (QED) is 0.728. The molecule has 2 N–H and O–H groups in total. The van der Waals surface area contributed by atoms with Gasteiger partial charge in [0.05, 0.1) is 6.54 Å². The van der Waals surface area contributed by atoms with Crippen LogP contribution in [0.2, 0.25) is 5.02 Å². The first-order chi connectivity index (χ1) is 9.15. The smallest absolute Gasteiger partial charge is 0.406 e. The molecule has 0 amide bonds. The largest absolute Gasteiger partial charge is 0.421 e. The van der Waals surface area contributed by atoms with Gasteiger partial charge in [-0.15, -0.1) is 0 Å². The molecule has 96 valence electrons. The Balaban J connectivity index is 2.10. The lowest BCUT2D eigenvalue weighted by molar-refractivity contribution is 0.517. The number of oxazole rings is 1. The Kier molecular flexibility index (Phi) is 2.76. The van der Waals surface area contributed by atoms with Gasteiger partial charge in [0.25, 0.3) is 0 Å². The summed E-state index contributed by atoms with van der Waals surface area (Å²) in [7, 11) is 0. The number of hydrogen-bond acceptors (Lipinski definition) is 4. The van der Waals surface area contributed by atoms with E-state index in [1.165, 1.54) is 4.57 Å². The fourth-order valence-corrected chi connectivity index (χ4v) is 2.15. The van der Waals surface area contributed by atoms with Gasteiger partial charge < -0.3 is 10.2 Å². The fraction of sp³-hybridized carbons (Fsp3) is 0.0769. The van der Waals surface area contributed by atoms with Gasteiger partial charge in [-0.1, -0.05) is 17.7 Å². The summed E-state index contributed by atoms with van der Waals surface area (Å²) < 4.78 is 6.55. The van der Waals surface area contributed by atoms with Gasteiger partial charge in [0.15, 0.2) is 11.2 Å². The Hall–Kier alpha value is -2.27. The molecule has 19 heavy (non-hydrogen) atoms. The van der Waals surface area contributed by atoms with E-state index >= 15 is 0 Å². The minimum absolute atomic E-state index is 0.294. The molecule has 0 unspecified atom stereocenters. The number of nitrogen functional groups attached to an aromatic ring is 1. The van der Waals surface area contributed by atoms with Crippen molar-refractivity contribution in [1.29, 1.82) is 0 Å². The number of halogens is 1. The molecular formula is C13H10ClN3O2. The number of fused-ring (bicyclic) bond motifs is 1. The second kappa shape index (κ2) is 4.44. The Labute approximate surface area is 113 Å². The summed E-state index contributed by atoms with van der Waals surface area (Å²) in [6.07, 6.45) is 1.61. The van der Waals surface area contributed by atoms with Crippen LogP contribution in [-0.2, 0) is 6.54 Å². The van der Waals surface area contributed by atoms with Gasteiger partial charge in [0, 0.05) is 16.9 Å². The van der Waals surface area contributed by atoms with Crippen LogP contribution >= 0.6 is 11.6 Å². The molecule has 1 aromatic carbocycles. The summed E-state index contributed by atoms with van der Waals surface area (Å²) in [5.74, 6) is -0.457. The van der Waals surface area contributed by atoms with Crippen molar-refractivity contribution in [3.05, 3.63) is 57.7 Å². The minimum Gasteiger partial charge on any atom is -0.406 e. The van der Waals surface area contributed by atoms with Gasteiger partial charge in [-0.25, -0.2) is 9.78 Å². The summed E-state index contributed by atoms with van der Waals surface area (Å²) in [4.78, 5) is 16.0. The van der Waals surface area contributed by atoms with E-state index in [0.29, 0.717) is 28.5 Å². The molecule has 6 heteroatoms. The zero-order chi connectivity index (χ0) is 13.4. The highest BCUT2D eigenvalue weighted by Crippen LogP contribution is 2.21. The second-order valence-corrected chi connectivity index (χ2v) is 4.54. The average molecular weight is 276 g/mol. The van der Waals surface area contributed by atoms with Gasteiger partial charge in [0.2, 0.25) is 0 Å². The molecule has 5 nitrogen and oxygen atoms in total.